The van der Waals surface area contributed by atoms with Gasteiger partial charge in [-0.15, -0.1) is 0 Å². The highest BCUT2D eigenvalue weighted by atomic mass is 19.3. The van der Waals surface area contributed by atoms with E-state index in [1.165, 1.54) is 25.3 Å². The van der Waals surface area contributed by atoms with Gasteiger partial charge in [-0.05, 0) is 41.8 Å². The molecular formula is C23H25F2NO7. The molecular weight excluding hydrogens is 440 g/mol. The lowest BCUT2D eigenvalue weighted by Crippen LogP contribution is -2.35. The molecule has 0 saturated heterocycles. The summed E-state index contributed by atoms with van der Waals surface area (Å²) in [4.78, 5) is 24.8. The van der Waals surface area contributed by atoms with E-state index in [4.69, 9.17) is 18.9 Å². The average molecular weight is 465 g/mol. The number of carbonyl (C=O) groups is 2. The lowest BCUT2D eigenvalue weighted by molar-refractivity contribution is -0.125. The normalized spacial score (nSPS) is 13.4. The van der Waals surface area contributed by atoms with Gasteiger partial charge >= 0.3 is 12.6 Å². The van der Waals surface area contributed by atoms with Gasteiger partial charge < -0.3 is 29.0 Å². The van der Waals surface area contributed by atoms with Crippen LogP contribution in [-0.4, -0.2) is 45.4 Å². The van der Waals surface area contributed by atoms with Crippen molar-refractivity contribution in [2.75, 3.05) is 26.9 Å². The zero-order valence-corrected chi connectivity index (χ0v) is 18.4. The van der Waals surface area contributed by atoms with Crippen LogP contribution in [0.25, 0.3) is 0 Å². The first-order valence-corrected chi connectivity index (χ1v) is 10.3. The minimum absolute atomic E-state index is 0.0218. The first-order chi connectivity index (χ1) is 15.8. The zero-order chi connectivity index (χ0) is 24.0. The Balaban J connectivity index is 1.62. The molecule has 1 heterocycles. The molecule has 0 radical (unpaired) electrons. The molecule has 8 nitrogen and oxygen atoms in total. The van der Waals surface area contributed by atoms with Gasteiger partial charge in [0.25, 0.3) is 5.91 Å². The van der Waals surface area contributed by atoms with Gasteiger partial charge in [0.2, 0.25) is 0 Å². The van der Waals surface area contributed by atoms with E-state index in [0.29, 0.717) is 24.7 Å². The topological polar surface area (TPSA) is 92.3 Å². The standard InChI is InChI=1S/C23H25F2NO7/c1-13(2)21(14-4-6-16-19(10-14)31-9-8-30-16)26-20(27)12-32-22(28)15-5-7-17(33-23(24)25)18(11-15)29-3/h4-7,10-11,13,21,23H,8-9,12H2,1-3H3,(H,26,27)/t21-/m0/s1. The van der Waals surface area contributed by atoms with Crippen LogP contribution in [0.3, 0.4) is 0 Å². The summed E-state index contributed by atoms with van der Waals surface area (Å²) in [6, 6.07) is 8.72. The molecule has 0 aromatic heterocycles. The second-order valence-electron chi connectivity index (χ2n) is 7.51. The van der Waals surface area contributed by atoms with Crippen LogP contribution in [0.2, 0.25) is 0 Å². The van der Waals surface area contributed by atoms with Crippen molar-refractivity contribution in [2.45, 2.75) is 26.5 Å². The Morgan fingerprint density at radius 3 is 2.42 bits per heavy atom. The van der Waals surface area contributed by atoms with Crippen LogP contribution < -0.4 is 24.3 Å². The van der Waals surface area contributed by atoms with Gasteiger partial charge in [-0.25, -0.2) is 4.79 Å². The van der Waals surface area contributed by atoms with Crippen molar-refractivity contribution in [3.8, 4) is 23.0 Å². The number of esters is 1. The third-order valence-electron chi connectivity index (χ3n) is 4.86. The molecule has 0 fully saturated rings. The number of hydrogen-bond donors (Lipinski definition) is 1. The molecule has 1 N–H and O–H groups in total. The maximum atomic E-state index is 12.5. The van der Waals surface area contributed by atoms with E-state index in [0.717, 1.165) is 5.56 Å². The molecule has 0 saturated carbocycles. The number of halogens is 2. The molecule has 1 aliphatic heterocycles. The van der Waals surface area contributed by atoms with Gasteiger partial charge in [0.1, 0.15) is 13.2 Å². The molecule has 2 aromatic carbocycles. The van der Waals surface area contributed by atoms with E-state index >= 15 is 0 Å². The first-order valence-electron chi connectivity index (χ1n) is 10.3. The number of carbonyl (C=O) groups excluding carboxylic acids is 2. The summed E-state index contributed by atoms with van der Waals surface area (Å²) in [6.45, 7) is 1.26. The summed E-state index contributed by atoms with van der Waals surface area (Å²) in [6.07, 6.45) is 0. The molecule has 1 amide bonds. The fraction of sp³-hybridized carbons (Fsp3) is 0.391. The largest absolute Gasteiger partial charge is 0.493 e. The van der Waals surface area contributed by atoms with E-state index in [-0.39, 0.29) is 29.0 Å². The van der Waals surface area contributed by atoms with Gasteiger partial charge in [-0.2, -0.15) is 8.78 Å². The Hall–Kier alpha value is -3.56. The van der Waals surface area contributed by atoms with Crippen molar-refractivity contribution < 1.29 is 42.1 Å². The molecule has 2 aromatic rings. The number of rotatable bonds is 9. The fourth-order valence-corrected chi connectivity index (χ4v) is 3.31. The second kappa shape index (κ2) is 10.8. The number of ether oxygens (including phenoxy) is 5. The highest BCUT2D eigenvalue weighted by Gasteiger charge is 2.22. The molecule has 0 spiro atoms. The predicted octanol–water partition coefficient (Wildman–Crippen LogP) is 3.74. The predicted molar refractivity (Wildman–Crippen MR) is 113 cm³/mol. The van der Waals surface area contributed by atoms with Crippen molar-refractivity contribution in [2.24, 2.45) is 5.92 Å². The van der Waals surface area contributed by atoms with E-state index < -0.39 is 25.1 Å². The Bertz CT molecular complexity index is 997. The van der Waals surface area contributed by atoms with Crippen LogP contribution in [0.15, 0.2) is 36.4 Å². The summed E-state index contributed by atoms with van der Waals surface area (Å²) in [7, 11) is 1.25. The van der Waals surface area contributed by atoms with Crippen molar-refractivity contribution in [3.63, 3.8) is 0 Å². The molecule has 3 rings (SSSR count). The summed E-state index contributed by atoms with van der Waals surface area (Å²) in [5.41, 5.74) is 0.849. The van der Waals surface area contributed by atoms with Crippen molar-refractivity contribution in [1.82, 2.24) is 5.32 Å². The Morgan fingerprint density at radius 2 is 1.76 bits per heavy atom. The molecule has 0 aliphatic carbocycles. The molecule has 1 atom stereocenters. The summed E-state index contributed by atoms with van der Waals surface area (Å²) < 4.78 is 50.4. The lowest BCUT2D eigenvalue weighted by Gasteiger charge is -2.25. The van der Waals surface area contributed by atoms with Crippen LogP contribution in [0.5, 0.6) is 23.0 Å². The number of alkyl halides is 2. The quantitative estimate of drug-likeness (QED) is 0.564. The summed E-state index contributed by atoms with van der Waals surface area (Å²) in [5.74, 6) is -0.298. The number of amides is 1. The van der Waals surface area contributed by atoms with E-state index in [1.54, 1.807) is 6.07 Å². The number of fused-ring (bicyclic) bond motifs is 1. The van der Waals surface area contributed by atoms with Crippen molar-refractivity contribution in [3.05, 3.63) is 47.5 Å². The van der Waals surface area contributed by atoms with Crippen LogP contribution in [0, 0.1) is 5.92 Å². The average Bonchev–Trinajstić information content (AvgIpc) is 2.80. The Morgan fingerprint density at radius 1 is 1.03 bits per heavy atom. The minimum atomic E-state index is -3.04. The summed E-state index contributed by atoms with van der Waals surface area (Å²) >= 11 is 0. The van der Waals surface area contributed by atoms with E-state index in [1.807, 2.05) is 26.0 Å². The monoisotopic (exact) mass is 465 g/mol. The number of benzene rings is 2. The first kappa shape index (κ1) is 24.1. The highest BCUT2D eigenvalue weighted by Crippen LogP contribution is 2.34. The molecule has 0 bridgehead atoms. The molecule has 178 valence electrons. The van der Waals surface area contributed by atoms with Crippen LogP contribution in [0.1, 0.15) is 35.8 Å². The van der Waals surface area contributed by atoms with Crippen LogP contribution in [-0.2, 0) is 9.53 Å². The Kier molecular flexibility index (Phi) is 7.92. The zero-order valence-electron chi connectivity index (χ0n) is 18.4. The lowest BCUT2D eigenvalue weighted by atomic mass is 9.95. The summed E-state index contributed by atoms with van der Waals surface area (Å²) in [5, 5.41) is 2.86. The van der Waals surface area contributed by atoms with Crippen LogP contribution in [0.4, 0.5) is 8.78 Å². The van der Waals surface area contributed by atoms with E-state index in [9.17, 15) is 18.4 Å². The SMILES string of the molecule is COc1cc(C(=O)OCC(=O)N[C@H](c2ccc3c(c2)OCCO3)C(C)C)ccc1OC(F)F. The van der Waals surface area contributed by atoms with E-state index in [2.05, 4.69) is 10.1 Å². The second-order valence-corrected chi connectivity index (χ2v) is 7.51. The number of methoxy groups -OCH3 is 1. The van der Waals surface area contributed by atoms with Gasteiger partial charge in [0.05, 0.1) is 18.7 Å². The molecule has 1 aliphatic rings. The number of hydrogen-bond acceptors (Lipinski definition) is 7. The van der Waals surface area contributed by atoms with Gasteiger partial charge in [0, 0.05) is 0 Å². The smallest absolute Gasteiger partial charge is 0.387 e. The van der Waals surface area contributed by atoms with Crippen LogP contribution >= 0.6 is 0 Å². The third kappa shape index (κ3) is 6.24. The molecule has 33 heavy (non-hydrogen) atoms. The minimum Gasteiger partial charge on any atom is -0.493 e. The van der Waals surface area contributed by atoms with Gasteiger partial charge in [-0.1, -0.05) is 19.9 Å². The number of nitrogens with one attached hydrogen (secondary N) is 1. The van der Waals surface area contributed by atoms with Crippen molar-refractivity contribution >= 4 is 11.9 Å². The van der Waals surface area contributed by atoms with Crippen molar-refractivity contribution in [1.29, 1.82) is 0 Å². The molecule has 0 unspecified atom stereocenters. The third-order valence-corrected chi connectivity index (χ3v) is 4.86. The van der Waals surface area contributed by atoms with Gasteiger partial charge in [0.15, 0.2) is 29.6 Å². The Labute approximate surface area is 189 Å². The highest BCUT2D eigenvalue weighted by molar-refractivity contribution is 5.92. The molecule has 10 heteroatoms. The van der Waals surface area contributed by atoms with Gasteiger partial charge in [-0.3, -0.25) is 4.79 Å². The maximum absolute atomic E-state index is 12.5. The maximum Gasteiger partial charge on any atom is 0.387 e. The fourth-order valence-electron chi connectivity index (χ4n) is 3.31.